The smallest absolute Gasteiger partial charge is 0.191 e. The van der Waals surface area contributed by atoms with Crippen LogP contribution in [0.4, 0.5) is 0 Å². The van der Waals surface area contributed by atoms with Crippen molar-refractivity contribution in [1.29, 1.82) is 0 Å². The Morgan fingerprint density at radius 3 is 2.92 bits per heavy atom. The van der Waals surface area contributed by atoms with Gasteiger partial charge in [0.15, 0.2) is 5.96 Å². The highest BCUT2D eigenvalue weighted by Gasteiger charge is 2.22. The molecule has 0 amide bonds. The van der Waals surface area contributed by atoms with E-state index in [1.807, 2.05) is 0 Å². The quantitative estimate of drug-likeness (QED) is 0.620. The van der Waals surface area contributed by atoms with Crippen LogP contribution in [0.25, 0.3) is 0 Å². The molecule has 5 nitrogen and oxygen atoms in total. The van der Waals surface area contributed by atoms with Gasteiger partial charge in [0.2, 0.25) is 0 Å². The maximum absolute atomic E-state index is 5.62. The van der Waals surface area contributed by atoms with Gasteiger partial charge in [0.25, 0.3) is 0 Å². The number of hydrogen-bond donors (Lipinski definition) is 2. The number of benzene rings is 1. The molecule has 0 spiro atoms. The highest BCUT2D eigenvalue weighted by Crippen LogP contribution is 2.18. The molecule has 1 aromatic carbocycles. The summed E-state index contributed by atoms with van der Waals surface area (Å²) >= 11 is 0. The van der Waals surface area contributed by atoms with Crippen molar-refractivity contribution >= 4 is 5.96 Å². The van der Waals surface area contributed by atoms with Gasteiger partial charge in [0, 0.05) is 32.2 Å². The van der Waals surface area contributed by atoms with E-state index in [-0.39, 0.29) is 0 Å². The first-order valence-electron chi connectivity index (χ1n) is 9.19. The van der Waals surface area contributed by atoms with Gasteiger partial charge < -0.3 is 15.4 Å². The fraction of sp³-hybridized carbons (Fsp3) is 0.632. The van der Waals surface area contributed by atoms with Gasteiger partial charge in [-0.05, 0) is 37.8 Å². The Morgan fingerprint density at radius 1 is 1.33 bits per heavy atom. The van der Waals surface area contributed by atoms with Gasteiger partial charge >= 0.3 is 0 Å². The molecule has 0 radical (unpaired) electrons. The molecule has 1 saturated carbocycles. The van der Waals surface area contributed by atoms with Crippen LogP contribution in [0.1, 0.15) is 37.8 Å². The molecule has 2 aliphatic rings. The van der Waals surface area contributed by atoms with Gasteiger partial charge in [0.05, 0.1) is 19.3 Å². The molecule has 1 atom stereocenters. The van der Waals surface area contributed by atoms with Crippen LogP contribution in [0, 0.1) is 0 Å². The van der Waals surface area contributed by atoms with Gasteiger partial charge in [-0.15, -0.1) is 0 Å². The number of nitrogens with one attached hydrogen (secondary N) is 2. The van der Waals surface area contributed by atoms with E-state index in [4.69, 9.17) is 9.73 Å². The van der Waals surface area contributed by atoms with E-state index in [0.29, 0.717) is 12.1 Å². The molecule has 24 heavy (non-hydrogen) atoms. The van der Waals surface area contributed by atoms with Gasteiger partial charge in [0.1, 0.15) is 0 Å². The molecule has 1 aliphatic heterocycles. The maximum atomic E-state index is 5.62. The number of nitrogens with zero attached hydrogens (tertiary/aromatic N) is 2. The normalized spacial score (nSPS) is 22.4. The number of morpholine rings is 1. The minimum absolute atomic E-state index is 0.336. The number of ether oxygens (including phenoxy) is 1. The molecule has 2 N–H and O–H groups in total. The number of hydrogen-bond acceptors (Lipinski definition) is 3. The predicted octanol–water partition coefficient (Wildman–Crippen LogP) is 2.12. The van der Waals surface area contributed by atoms with E-state index in [1.54, 1.807) is 0 Å². The van der Waals surface area contributed by atoms with Crippen LogP contribution in [0.5, 0.6) is 0 Å². The lowest BCUT2D eigenvalue weighted by molar-refractivity contribution is -0.0212. The van der Waals surface area contributed by atoms with E-state index in [2.05, 4.69) is 53.6 Å². The minimum Gasteiger partial charge on any atom is -0.376 e. The second kappa shape index (κ2) is 8.49. The highest BCUT2D eigenvalue weighted by atomic mass is 16.5. The zero-order chi connectivity index (χ0) is 16.8. The molecule has 0 bridgehead atoms. The van der Waals surface area contributed by atoms with E-state index < -0.39 is 0 Å². The third-order valence-corrected chi connectivity index (χ3v) is 4.40. The Bertz CT molecular complexity index is 556. The second-order valence-electron chi connectivity index (χ2n) is 6.85. The lowest BCUT2D eigenvalue weighted by atomic mass is 10.1. The van der Waals surface area contributed by atoms with E-state index in [0.717, 1.165) is 45.3 Å². The largest absolute Gasteiger partial charge is 0.376 e. The monoisotopic (exact) mass is 330 g/mol. The molecular weight excluding hydrogens is 300 g/mol. The third kappa shape index (κ3) is 5.49. The van der Waals surface area contributed by atoms with Crippen molar-refractivity contribution in [2.45, 2.75) is 51.9 Å². The van der Waals surface area contributed by atoms with Crippen molar-refractivity contribution in [2.75, 3.05) is 26.2 Å². The number of rotatable bonds is 6. The molecule has 1 aromatic rings. The topological polar surface area (TPSA) is 48.9 Å². The molecule has 2 fully saturated rings. The second-order valence-corrected chi connectivity index (χ2v) is 6.85. The Morgan fingerprint density at radius 2 is 2.17 bits per heavy atom. The minimum atomic E-state index is 0.336. The standard InChI is InChI=1S/C19H30N4O/c1-3-20-19(22-18-7-8-18)21-12-16-5-4-6-17(11-16)14-23-9-10-24-15(2)13-23/h4-6,11,15,18H,3,7-10,12-14H2,1-2H3,(H2,20,21,22). The Hall–Kier alpha value is -1.59. The summed E-state index contributed by atoms with van der Waals surface area (Å²) in [5.41, 5.74) is 2.62. The molecule has 1 saturated heterocycles. The van der Waals surface area contributed by atoms with Crippen LogP contribution >= 0.6 is 0 Å². The molecule has 3 rings (SSSR count). The summed E-state index contributed by atoms with van der Waals surface area (Å²) in [4.78, 5) is 7.19. The van der Waals surface area contributed by atoms with Gasteiger partial charge in [-0.25, -0.2) is 4.99 Å². The first kappa shape index (κ1) is 17.2. The molecule has 5 heteroatoms. The fourth-order valence-electron chi connectivity index (χ4n) is 3.03. The lowest BCUT2D eigenvalue weighted by Gasteiger charge is -2.31. The first-order valence-corrected chi connectivity index (χ1v) is 9.19. The van der Waals surface area contributed by atoms with Crippen molar-refractivity contribution in [3.63, 3.8) is 0 Å². The van der Waals surface area contributed by atoms with Crippen LogP contribution in [0.15, 0.2) is 29.3 Å². The van der Waals surface area contributed by atoms with Crippen LogP contribution in [0.2, 0.25) is 0 Å². The van der Waals surface area contributed by atoms with E-state index in [9.17, 15) is 0 Å². The third-order valence-electron chi connectivity index (χ3n) is 4.40. The van der Waals surface area contributed by atoms with E-state index in [1.165, 1.54) is 24.0 Å². The predicted molar refractivity (Wildman–Crippen MR) is 98.1 cm³/mol. The summed E-state index contributed by atoms with van der Waals surface area (Å²) in [5.74, 6) is 0.937. The van der Waals surface area contributed by atoms with Crippen LogP contribution in [-0.4, -0.2) is 49.2 Å². The Balaban J connectivity index is 1.57. The maximum Gasteiger partial charge on any atom is 0.191 e. The molecule has 1 aliphatic carbocycles. The van der Waals surface area contributed by atoms with Gasteiger partial charge in [-0.2, -0.15) is 0 Å². The summed E-state index contributed by atoms with van der Waals surface area (Å²) < 4.78 is 5.62. The lowest BCUT2D eigenvalue weighted by Crippen LogP contribution is -2.40. The van der Waals surface area contributed by atoms with Crippen LogP contribution in [0.3, 0.4) is 0 Å². The zero-order valence-electron chi connectivity index (χ0n) is 14.9. The average molecular weight is 330 g/mol. The Labute approximate surface area is 145 Å². The van der Waals surface area contributed by atoms with Gasteiger partial charge in [-0.1, -0.05) is 24.3 Å². The molecule has 1 heterocycles. The summed E-state index contributed by atoms with van der Waals surface area (Å²) in [5, 5.41) is 6.79. The number of guanidine groups is 1. The fourth-order valence-corrected chi connectivity index (χ4v) is 3.03. The number of aliphatic imine (C=N–C) groups is 1. The SMILES string of the molecule is CCNC(=NCc1cccc(CN2CCOC(C)C2)c1)NC1CC1. The van der Waals surface area contributed by atoms with Crippen molar-refractivity contribution in [3.05, 3.63) is 35.4 Å². The summed E-state index contributed by atoms with van der Waals surface area (Å²) in [6, 6.07) is 9.42. The molecule has 1 unspecified atom stereocenters. The summed E-state index contributed by atoms with van der Waals surface area (Å²) in [6.45, 7) is 9.72. The van der Waals surface area contributed by atoms with Gasteiger partial charge in [-0.3, -0.25) is 4.90 Å². The van der Waals surface area contributed by atoms with E-state index >= 15 is 0 Å². The van der Waals surface area contributed by atoms with Crippen molar-refractivity contribution in [1.82, 2.24) is 15.5 Å². The van der Waals surface area contributed by atoms with Crippen molar-refractivity contribution in [2.24, 2.45) is 4.99 Å². The zero-order valence-corrected chi connectivity index (χ0v) is 14.9. The van der Waals surface area contributed by atoms with Crippen molar-refractivity contribution < 1.29 is 4.74 Å². The molecular formula is C19H30N4O. The van der Waals surface area contributed by atoms with Crippen LogP contribution in [-0.2, 0) is 17.8 Å². The highest BCUT2D eigenvalue weighted by molar-refractivity contribution is 5.80. The first-order chi connectivity index (χ1) is 11.7. The van der Waals surface area contributed by atoms with Crippen LogP contribution < -0.4 is 10.6 Å². The molecule has 0 aromatic heterocycles. The summed E-state index contributed by atoms with van der Waals surface area (Å²) in [7, 11) is 0. The average Bonchev–Trinajstić information content (AvgIpc) is 3.37. The molecule has 132 valence electrons. The van der Waals surface area contributed by atoms with Crippen molar-refractivity contribution in [3.8, 4) is 0 Å². The Kier molecular flexibility index (Phi) is 6.10. The summed E-state index contributed by atoms with van der Waals surface area (Å²) in [6.07, 6.45) is 2.86.